The highest BCUT2D eigenvalue weighted by atomic mass is 16.5. The standard InChI is InChI=1S/C12H16O6/c1-16-10(13)8-3-6-5-18-12(15)7(6)4-9(8)11(14)17-2/h6-9H,3-5H2,1-2H3. The molecule has 0 N–H and O–H groups in total. The zero-order valence-corrected chi connectivity index (χ0v) is 10.4. The highest BCUT2D eigenvalue weighted by Gasteiger charge is 2.50. The molecule has 18 heavy (non-hydrogen) atoms. The van der Waals surface area contributed by atoms with Crippen molar-refractivity contribution in [2.75, 3.05) is 20.8 Å². The van der Waals surface area contributed by atoms with Gasteiger partial charge in [-0.1, -0.05) is 0 Å². The Morgan fingerprint density at radius 1 is 1.11 bits per heavy atom. The van der Waals surface area contributed by atoms with Gasteiger partial charge in [-0.2, -0.15) is 0 Å². The van der Waals surface area contributed by atoms with E-state index in [4.69, 9.17) is 14.2 Å². The molecule has 6 heteroatoms. The van der Waals surface area contributed by atoms with Crippen LogP contribution in [0.25, 0.3) is 0 Å². The van der Waals surface area contributed by atoms with E-state index >= 15 is 0 Å². The van der Waals surface area contributed by atoms with Gasteiger partial charge in [-0.25, -0.2) is 0 Å². The van der Waals surface area contributed by atoms with Crippen molar-refractivity contribution in [1.82, 2.24) is 0 Å². The van der Waals surface area contributed by atoms with Crippen LogP contribution in [0.1, 0.15) is 12.8 Å². The molecule has 1 aliphatic carbocycles. The second kappa shape index (κ2) is 4.96. The minimum absolute atomic E-state index is 0.00232. The molecule has 2 rings (SSSR count). The molecule has 4 atom stereocenters. The molecule has 0 spiro atoms. The van der Waals surface area contributed by atoms with E-state index in [9.17, 15) is 14.4 Å². The molecule has 100 valence electrons. The lowest BCUT2D eigenvalue weighted by Crippen LogP contribution is -2.41. The van der Waals surface area contributed by atoms with Crippen molar-refractivity contribution in [2.45, 2.75) is 12.8 Å². The zero-order valence-electron chi connectivity index (χ0n) is 10.4. The monoisotopic (exact) mass is 256 g/mol. The van der Waals surface area contributed by atoms with Gasteiger partial charge in [0, 0.05) is 5.92 Å². The van der Waals surface area contributed by atoms with Crippen LogP contribution in [0.2, 0.25) is 0 Å². The molecule has 0 amide bonds. The van der Waals surface area contributed by atoms with E-state index < -0.39 is 23.8 Å². The van der Waals surface area contributed by atoms with Crippen molar-refractivity contribution in [3.05, 3.63) is 0 Å². The molecule has 0 bridgehead atoms. The summed E-state index contributed by atoms with van der Waals surface area (Å²) in [5, 5.41) is 0. The van der Waals surface area contributed by atoms with Crippen molar-refractivity contribution >= 4 is 17.9 Å². The van der Waals surface area contributed by atoms with E-state index in [1.54, 1.807) is 0 Å². The number of methoxy groups -OCH3 is 2. The molecular formula is C12H16O6. The van der Waals surface area contributed by atoms with Crippen LogP contribution in [0.15, 0.2) is 0 Å². The third-order valence-corrected chi connectivity index (χ3v) is 3.87. The van der Waals surface area contributed by atoms with Gasteiger partial charge in [0.2, 0.25) is 0 Å². The Morgan fingerprint density at radius 2 is 1.67 bits per heavy atom. The zero-order chi connectivity index (χ0) is 13.3. The van der Waals surface area contributed by atoms with Gasteiger partial charge in [0.25, 0.3) is 0 Å². The van der Waals surface area contributed by atoms with Gasteiger partial charge < -0.3 is 14.2 Å². The molecule has 0 aromatic heterocycles. The summed E-state index contributed by atoms with van der Waals surface area (Å²) in [4.78, 5) is 34.9. The van der Waals surface area contributed by atoms with Gasteiger partial charge in [0.05, 0.1) is 38.6 Å². The van der Waals surface area contributed by atoms with E-state index in [0.29, 0.717) is 19.4 Å². The van der Waals surface area contributed by atoms with E-state index in [-0.39, 0.29) is 17.8 Å². The molecule has 2 fully saturated rings. The van der Waals surface area contributed by atoms with Crippen LogP contribution in [0.4, 0.5) is 0 Å². The lowest BCUT2D eigenvalue weighted by molar-refractivity contribution is -0.162. The maximum absolute atomic E-state index is 11.7. The van der Waals surface area contributed by atoms with E-state index in [1.165, 1.54) is 14.2 Å². The number of carbonyl (C=O) groups excluding carboxylic acids is 3. The summed E-state index contributed by atoms with van der Waals surface area (Å²) in [7, 11) is 2.56. The first-order valence-electron chi connectivity index (χ1n) is 5.90. The number of esters is 3. The summed E-state index contributed by atoms with van der Waals surface area (Å²) < 4.78 is 14.4. The van der Waals surface area contributed by atoms with Crippen molar-refractivity contribution in [1.29, 1.82) is 0 Å². The molecule has 6 nitrogen and oxygen atoms in total. The van der Waals surface area contributed by atoms with E-state index in [2.05, 4.69) is 0 Å². The molecule has 1 heterocycles. The number of hydrogen-bond donors (Lipinski definition) is 0. The topological polar surface area (TPSA) is 78.9 Å². The number of ether oxygens (including phenoxy) is 3. The van der Waals surface area contributed by atoms with Crippen LogP contribution in [-0.4, -0.2) is 38.7 Å². The minimum Gasteiger partial charge on any atom is -0.469 e. The first-order chi connectivity index (χ1) is 8.58. The Hall–Kier alpha value is -1.59. The number of cyclic esters (lactones) is 1. The van der Waals surface area contributed by atoms with Gasteiger partial charge >= 0.3 is 17.9 Å². The minimum atomic E-state index is -0.616. The predicted molar refractivity (Wildman–Crippen MR) is 58.2 cm³/mol. The largest absolute Gasteiger partial charge is 0.469 e. The fraction of sp³-hybridized carbons (Fsp3) is 0.750. The highest BCUT2D eigenvalue weighted by Crippen LogP contribution is 2.42. The highest BCUT2D eigenvalue weighted by molar-refractivity contribution is 5.84. The van der Waals surface area contributed by atoms with Crippen LogP contribution in [0.5, 0.6) is 0 Å². The van der Waals surface area contributed by atoms with Crippen molar-refractivity contribution in [3.63, 3.8) is 0 Å². The van der Waals surface area contributed by atoms with Crippen molar-refractivity contribution in [2.24, 2.45) is 23.7 Å². The Morgan fingerprint density at radius 3 is 2.22 bits per heavy atom. The Bertz CT molecular complexity index is 377. The SMILES string of the molecule is COC(=O)C1CC2COC(=O)C2CC1C(=O)OC. The fourth-order valence-corrected chi connectivity index (χ4v) is 2.88. The first kappa shape index (κ1) is 12.9. The summed E-state index contributed by atoms with van der Waals surface area (Å²) in [6.45, 7) is 0.324. The summed E-state index contributed by atoms with van der Waals surface area (Å²) in [5.41, 5.74) is 0. The maximum atomic E-state index is 11.7. The fourth-order valence-electron chi connectivity index (χ4n) is 2.88. The van der Waals surface area contributed by atoms with Crippen LogP contribution in [0, 0.1) is 23.7 Å². The number of fused-ring (bicyclic) bond motifs is 1. The molecule has 1 saturated carbocycles. The summed E-state index contributed by atoms with van der Waals surface area (Å²) in [5.74, 6) is -2.63. The molecule has 4 unspecified atom stereocenters. The Balaban J connectivity index is 2.20. The van der Waals surface area contributed by atoms with Crippen molar-refractivity contribution < 1.29 is 28.6 Å². The second-order valence-electron chi connectivity index (χ2n) is 4.73. The number of carbonyl (C=O) groups is 3. The van der Waals surface area contributed by atoms with Crippen LogP contribution in [-0.2, 0) is 28.6 Å². The van der Waals surface area contributed by atoms with Gasteiger partial charge in [0.1, 0.15) is 0 Å². The van der Waals surface area contributed by atoms with Crippen LogP contribution in [0.3, 0.4) is 0 Å². The molecule has 0 radical (unpaired) electrons. The lowest BCUT2D eigenvalue weighted by Gasteiger charge is -2.32. The van der Waals surface area contributed by atoms with Gasteiger partial charge in [-0.3, -0.25) is 14.4 Å². The summed E-state index contributed by atoms with van der Waals surface area (Å²) in [6.07, 6.45) is 0.735. The molecule has 1 aliphatic heterocycles. The second-order valence-corrected chi connectivity index (χ2v) is 4.73. The number of rotatable bonds is 2. The smallest absolute Gasteiger partial charge is 0.309 e. The third kappa shape index (κ3) is 2.07. The lowest BCUT2D eigenvalue weighted by atomic mass is 9.69. The van der Waals surface area contributed by atoms with Crippen molar-refractivity contribution in [3.8, 4) is 0 Å². The Kier molecular flexibility index (Phi) is 3.54. The maximum Gasteiger partial charge on any atom is 0.309 e. The molecule has 2 aliphatic rings. The van der Waals surface area contributed by atoms with Crippen LogP contribution < -0.4 is 0 Å². The first-order valence-corrected chi connectivity index (χ1v) is 5.90. The number of hydrogen-bond acceptors (Lipinski definition) is 6. The van der Waals surface area contributed by atoms with E-state index in [0.717, 1.165) is 0 Å². The van der Waals surface area contributed by atoms with Gasteiger partial charge in [0.15, 0.2) is 0 Å². The summed E-state index contributed by atoms with van der Waals surface area (Å²) >= 11 is 0. The summed E-state index contributed by atoms with van der Waals surface area (Å²) in [6, 6.07) is 0. The average Bonchev–Trinajstić information content (AvgIpc) is 2.76. The average molecular weight is 256 g/mol. The van der Waals surface area contributed by atoms with Crippen LogP contribution >= 0.6 is 0 Å². The molecule has 0 aromatic carbocycles. The normalized spacial score (nSPS) is 34.4. The molecule has 0 aromatic rings. The van der Waals surface area contributed by atoms with Gasteiger partial charge in [-0.05, 0) is 12.8 Å². The third-order valence-electron chi connectivity index (χ3n) is 3.87. The Labute approximate surface area is 105 Å². The van der Waals surface area contributed by atoms with E-state index in [1.807, 2.05) is 0 Å². The quantitative estimate of drug-likeness (QED) is 0.517. The van der Waals surface area contributed by atoms with Gasteiger partial charge in [-0.15, -0.1) is 0 Å². The predicted octanol–water partition coefficient (Wildman–Crippen LogP) is 0.148. The molecular weight excluding hydrogens is 240 g/mol. The molecule has 1 saturated heterocycles.